The highest BCUT2D eigenvalue weighted by molar-refractivity contribution is 6.34. The summed E-state index contributed by atoms with van der Waals surface area (Å²) in [7, 11) is 0. The highest BCUT2D eigenvalue weighted by atomic mass is 35.5. The van der Waals surface area contributed by atoms with Crippen LogP contribution < -0.4 is 16.0 Å². The van der Waals surface area contributed by atoms with Crippen molar-refractivity contribution in [1.29, 1.82) is 0 Å². The average molecular weight is 352 g/mol. The normalized spacial score (nSPS) is 10.0. The summed E-state index contributed by atoms with van der Waals surface area (Å²) in [5.74, 6) is -0.195. The van der Waals surface area contributed by atoms with Crippen molar-refractivity contribution in [3.8, 4) is 0 Å². The maximum absolute atomic E-state index is 11.9. The lowest BCUT2D eigenvalue weighted by Gasteiger charge is -2.11. The Labute approximate surface area is 144 Å². The second kappa shape index (κ2) is 7.85. The van der Waals surface area contributed by atoms with Crippen LogP contribution in [0.2, 0.25) is 10.0 Å². The van der Waals surface area contributed by atoms with Gasteiger partial charge in [0.1, 0.15) is 0 Å². The van der Waals surface area contributed by atoms with Crippen LogP contribution >= 0.6 is 23.2 Å². The first kappa shape index (κ1) is 17.1. The molecule has 23 heavy (non-hydrogen) atoms. The Hall–Kier alpha value is -2.24. The van der Waals surface area contributed by atoms with Gasteiger partial charge in [0.2, 0.25) is 5.91 Å². The molecule has 120 valence electrons. The van der Waals surface area contributed by atoms with Crippen molar-refractivity contribution in [2.24, 2.45) is 0 Å². The van der Waals surface area contributed by atoms with Crippen LogP contribution in [0.5, 0.6) is 0 Å². The summed E-state index contributed by atoms with van der Waals surface area (Å²) < 4.78 is 0. The van der Waals surface area contributed by atoms with Crippen LogP contribution in [0.25, 0.3) is 0 Å². The van der Waals surface area contributed by atoms with Crippen LogP contribution in [0.4, 0.5) is 16.2 Å². The highest BCUT2D eigenvalue weighted by Crippen LogP contribution is 2.25. The molecule has 0 aliphatic heterocycles. The minimum absolute atomic E-state index is 0.195. The molecule has 0 aromatic heterocycles. The molecule has 0 atom stereocenters. The van der Waals surface area contributed by atoms with Crippen LogP contribution in [0.3, 0.4) is 0 Å². The van der Waals surface area contributed by atoms with Crippen LogP contribution in [0.15, 0.2) is 42.5 Å². The van der Waals surface area contributed by atoms with E-state index in [9.17, 15) is 9.59 Å². The van der Waals surface area contributed by atoms with E-state index in [1.807, 2.05) is 18.2 Å². The maximum Gasteiger partial charge on any atom is 0.319 e. The fraction of sp³-hybridized carbons (Fsp3) is 0.125. The lowest BCUT2D eigenvalue weighted by atomic mass is 10.2. The number of benzene rings is 2. The number of anilines is 2. The van der Waals surface area contributed by atoms with Gasteiger partial charge in [0.05, 0.1) is 10.7 Å². The summed E-state index contributed by atoms with van der Waals surface area (Å²) in [6.45, 7) is 1.70. The molecule has 2 rings (SSSR count). The number of urea groups is 1. The monoisotopic (exact) mass is 351 g/mol. The molecule has 7 heteroatoms. The van der Waals surface area contributed by atoms with Gasteiger partial charge in [-0.3, -0.25) is 4.79 Å². The summed E-state index contributed by atoms with van der Waals surface area (Å²) in [5.41, 5.74) is 1.82. The van der Waals surface area contributed by atoms with Crippen molar-refractivity contribution in [1.82, 2.24) is 5.32 Å². The van der Waals surface area contributed by atoms with Crippen molar-refractivity contribution in [2.75, 3.05) is 10.6 Å². The van der Waals surface area contributed by atoms with E-state index in [4.69, 9.17) is 23.2 Å². The second-order valence-electron chi connectivity index (χ2n) is 4.77. The van der Waals surface area contributed by atoms with Crippen LogP contribution in [0.1, 0.15) is 12.5 Å². The topological polar surface area (TPSA) is 70.2 Å². The molecule has 2 aromatic rings. The SMILES string of the molecule is CC(=O)Nc1ccc(NC(=O)NCc2ccccc2Cl)c(Cl)c1. The van der Waals surface area contributed by atoms with Gasteiger partial charge in [-0.2, -0.15) is 0 Å². The van der Waals surface area contributed by atoms with Crippen molar-refractivity contribution in [3.05, 3.63) is 58.1 Å². The Bertz CT molecular complexity index is 735. The van der Waals surface area contributed by atoms with Gasteiger partial charge < -0.3 is 16.0 Å². The fourth-order valence-electron chi connectivity index (χ4n) is 1.88. The van der Waals surface area contributed by atoms with Gasteiger partial charge in [-0.05, 0) is 29.8 Å². The molecule has 0 aliphatic carbocycles. The van der Waals surface area contributed by atoms with Gasteiger partial charge in [-0.1, -0.05) is 41.4 Å². The lowest BCUT2D eigenvalue weighted by Crippen LogP contribution is -2.28. The number of halogens is 2. The number of amides is 3. The van der Waals surface area contributed by atoms with Crippen molar-refractivity contribution in [3.63, 3.8) is 0 Å². The van der Waals surface area contributed by atoms with Gasteiger partial charge in [0.25, 0.3) is 0 Å². The van der Waals surface area contributed by atoms with Crippen molar-refractivity contribution in [2.45, 2.75) is 13.5 Å². The number of hydrogen-bond acceptors (Lipinski definition) is 2. The first-order valence-corrected chi connectivity index (χ1v) is 7.56. The smallest absolute Gasteiger partial charge is 0.319 e. The Balaban J connectivity index is 1.95. The standard InChI is InChI=1S/C16H15Cl2N3O2/c1-10(22)20-12-6-7-15(14(18)8-12)21-16(23)19-9-11-4-2-3-5-13(11)17/h2-8H,9H2,1H3,(H,20,22)(H2,19,21,23). The van der Waals surface area contributed by atoms with E-state index >= 15 is 0 Å². The highest BCUT2D eigenvalue weighted by Gasteiger charge is 2.08. The minimum atomic E-state index is -0.404. The lowest BCUT2D eigenvalue weighted by molar-refractivity contribution is -0.114. The first-order chi connectivity index (χ1) is 11.0. The third kappa shape index (κ3) is 5.16. The van der Waals surface area contributed by atoms with E-state index < -0.39 is 6.03 Å². The predicted molar refractivity (Wildman–Crippen MR) is 93.1 cm³/mol. The molecule has 5 nitrogen and oxygen atoms in total. The van der Waals surface area contributed by atoms with E-state index in [0.29, 0.717) is 28.0 Å². The minimum Gasteiger partial charge on any atom is -0.334 e. The van der Waals surface area contributed by atoms with E-state index in [1.54, 1.807) is 24.3 Å². The maximum atomic E-state index is 11.9. The van der Waals surface area contributed by atoms with Crippen LogP contribution in [-0.4, -0.2) is 11.9 Å². The third-order valence-electron chi connectivity index (χ3n) is 2.93. The van der Waals surface area contributed by atoms with Gasteiger partial charge in [0, 0.05) is 24.2 Å². The molecule has 0 fully saturated rings. The zero-order valence-electron chi connectivity index (χ0n) is 12.3. The summed E-state index contributed by atoms with van der Waals surface area (Å²) >= 11 is 12.1. The molecule has 0 unspecified atom stereocenters. The van der Waals surface area contributed by atoms with Gasteiger partial charge in [0.15, 0.2) is 0 Å². The first-order valence-electron chi connectivity index (χ1n) is 6.81. The number of carbonyl (C=O) groups excluding carboxylic acids is 2. The summed E-state index contributed by atoms with van der Waals surface area (Å²) in [5, 5.41) is 8.87. The number of nitrogens with one attached hydrogen (secondary N) is 3. The molecular formula is C16H15Cl2N3O2. The molecule has 0 aliphatic rings. The fourth-order valence-corrected chi connectivity index (χ4v) is 2.31. The van der Waals surface area contributed by atoms with Crippen molar-refractivity contribution >= 4 is 46.5 Å². The molecule has 0 spiro atoms. The summed E-state index contributed by atoms with van der Waals surface area (Å²) in [4.78, 5) is 22.9. The van der Waals surface area contributed by atoms with Crippen LogP contribution in [0, 0.1) is 0 Å². The summed E-state index contributed by atoms with van der Waals surface area (Å²) in [6, 6.07) is 11.7. The molecule has 0 saturated heterocycles. The largest absolute Gasteiger partial charge is 0.334 e. The zero-order chi connectivity index (χ0) is 16.8. The summed E-state index contributed by atoms with van der Waals surface area (Å²) in [6.07, 6.45) is 0. The Morgan fingerprint density at radius 1 is 1.00 bits per heavy atom. The molecule has 3 amide bonds. The Morgan fingerprint density at radius 2 is 1.74 bits per heavy atom. The predicted octanol–water partition coefficient (Wildman–Crippen LogP) is 4.27. The molecule has 3 N–H and O–H groups in total. The van der Waals surface area contributed by atoms with Crippen LogP contribution in [-0.2, 0) is 11.3 Å². The van der Waals surface area contributed by atoms with Gasteiger partial charge in [-0.15, -0.1) is 0 Å². The molecule has 0 bridgehead atoms. The molecule has 0 heterocycles. The second-order valence-corrected chi connectivity index (χ2v) is 5.59. The molecule has 0 saturated carbocycles. The Morgan fingerprint density at radius 3 is 2.39 bits per heavy atom. The Kier molecular flexibility index (Phi) is 5.84. The molecule has 2 aromatic carbocycles. The molecule has 0 radical (unpaired) electrons. The van der Waals surface area contributed by atoms with E-state index in [-0.39, 0.29) is 5.91 Å². The zero-order valence-corrected chi connectivity index (χ0v) is 13.8. The third-order valence-corrected chi connectivity index (χ3v) is 3.62. The quantitative estimate of drug-likeness (QED) is 0.769. The van der Waals surface area contributed by atoms with Gasteiger partial charge >= 0.3 is 6.03 Å². The van der Waals surface area contributed by atoms with E-state index in [2.05, 4.69) is 16.0 Å². The van der Waals surface area contributed by atoms with Gasteiger partial charge in [-0.25, -0.2) is 4.79 Å². The molecular weight excluding hydrogens is 337 g/mol. The van der Waals surface area contributed by atoms with E-state index in [1.165, 1.54) is 6.92 Å². The van der Waals surface area contributed by atoms with Crippen molar-refractivity contribution < 1.29 is 9.59 Å². The number of rotatable bonds is 4. The number of carbonyl (C=O) groups is 2. The van der Waals surface area contributed by atoms with E-state index in [0.717, 1.165) is 5.56 Å². The average Bonchev–Trinajstić information content (AvgIpc) is 2.49. The number of hydrogen-bond donors (Lipinski definition) is 3.